The normalized spacial score (nSPS) is 31.2. The molecule has 1 fully saturated rings. The van der Waals surface area contributed by atoms with Crippen molar-refractivity contribution < 1.29 is 35.8 Å². The maximum Gasteiger partial charge on any atom is 0.459 e. The molecule has 0 bridgehead atoms. The Kier molecular flexibility index (Phi) is 3.16. The van der Waals surface area contributed by atoms with Gasteiger partial charge in [-0.25, -0.2) is 0 Å². The number of aliphatic hydroxyl groups is 1. The third-order valence-corrected chi connectivity index (χ3v) is 3.06. The van der Waals surface area contributed by atoms with E-state index >= 15 is 0 Å². The predicted molar refractivity (Wildman–Crippen MR) is 42.7 cm³/mol. The Balaban J connectivity index is 3.10. The molecule has 0 radical (unpaired) electrons. The molecule has 102 valence electrons. The molecule has 0 aliphatic heterocycles. The van der Waals surface area contributed by atoms with Crippen molar-refractivity contribution in [3.05, 3.63) is 0 Å². The van der Waals surface area contributed by atoms with E-state index in [-0.39, 0.29) is 0 Å². The largest absolute Gasteiger partial charge is 0.459 e. The first-order valence-electron chi connectivity index (χ1n) is 4.62. The van der Waals surface area contributed by atoms with E-state index in [1.807, 2.05) is 0 Å². The van der Waals surface area contributed by atoms with E-state index in [9.17, 15) is 30.7 Å². The minimum atomic E-state index is -6.36. The predicted octanol–water partition coefficient (Wildman–Crippen LogP) is 1.92. The maximum atomic E-state index is 13.3. The zero-order valence-corrected chi connectivity index (χ0v) is 8.37. The van der Waals surface area contributed by atoms with Crippen LogP contribution in [0.1, 0.15) is 12.8 Å². The van der Waals surface area contributed by atoms with Gasteiger partial charge in [0.05, 0.1) is 11.5 Å². The average Bonchev–Trinajstić information content (AvgIpc) is 2.09. The number of aliphatic hydroxyl groups excluding tert-OH is 1. The lowest BCUT2D eigenvalue weighted by molar-refractivity contribution is -0.391. The molecule has 0 aromatic rings. The zero-order chi connectivity index (χ0) is 13.7. The van der Waals surface area contributed by atoms with Crippen LogP contribution in [0.15, 0.2) is 0 Å². The smallest absolute Gasteiger partial charge is 0.393 e. The lowest BCUT2D eigenvalue weighted by Crippen LogP contribution is -2.67. The van der Waals surface area contributed by atoms with Crippen molar-refractivity contribution in [1.29, 1.82) is 0 Å². The van der Waals surface area contributed by atoms with Gasteiger partial charge in [-0.05, 0) is 12.8 Å². The Labute approximate surface area is 91.6 Å². The van der Waals surface area contributed by atoms with E-state index < -0.39 is 48.9 Å². The van der Waals surface area contributed by atoms with Gasteiger partial charge in [-0.15, -0.1) is 0 Å². The van der Waals surface area contributed by atoms with Crippen LogP contribution in [-0.4, -0.2) is 35.8 Å². The summed E-state index contributed by atoms with van der Waals surface area (Å²) in [6.45, 7) is -1.05. The van der Waals surface area contributed by atoms with E-state index in [4.69, 9.17) is 10.8 Å². The summed E-state index contributed by atoms with van der Waals surface area (Å²) in [6, 6.07) is 0. The fraction of sp³-hybridized carbons (Fsp3) is 1.00. The van der Waals surface area contributed by atoms with Gasteiger partial charge in [-0.2, -0.15) is 30.7 Å². The summed E-state index contributed by atoms with van der Waals surface area (Å²) >= 11 is 0. The fourth-order valence-corrected chi connectivity index (χ4v) is 1.90. The van der Waals surface area contributed by atoms with Crippen LogP contribution in [0.4, 0.5) is 30.7 Å². The minimum Gasteiger partial charge on any atom is -0.393 e. The van der Waals surface area contributed by atoms with Crippen molar-refractivity contribution in [2.75, 3.05) is 6.54 Å². The first kappa shape index (κ1) is 14.5. The van der Waals surface area contributed by atoms with E-state index in [0.29, 0.717) is 0 Å². The van der Waals surface area contributed by atoms with Gasteiger partial charge in [0.15, 0.2) is 0 Å². The first-order chi connectivity index (χ1) is 7.41. The summed E-state index contributed by atoms with van der Waals surface area (Å²) in [5.41, 5.74) is 2.16. The number of hydrogen-bond acceptors (Lipinski definition) is 2. The molecule has 0 amide bonds. The van der Waals surface area contributed by atoms with Crippen LogP contribution in [-0.2, 0) is 0 Å². The molecule has 1 aliphatic rings. The molecule has 3 N–H and O–H groups in total. The van der Waals surface area contributed by atoms with Crippen molar-refractivity contribution in [2.24, 2.45) is 11.1 Å². The van der Waals surface area contributed by atoms with Gasteiger partial charge < -0.3 is 10.8 Å². The summed E-state index contributed by atoms with van der Waals surface area (Å²) < 4.78 is 87.8. The van der Waals surface area contributed by atoms with E-state index in [1.165, 1.54) is 0 Å². The molecule has 17 heavy (non-hydrogen) atoms. The van der Waals surface area contributed by atoms with Crippen LogP contribution >= 0.6 is 0 Å². The second-order valence-corrected chi connectivity index (χ2v) is 4.19. The van der Waals surface area contributed by atoms with Gasteiger partial charge in [-0.3, -0.25) is 0 Å². The van der Waals surface area contributed by atoms with Crippen LogP contribution in [0.2, 0.25) is 0 Å². The first-order valence-corrected chi connectivity index (χ1v) is 4.62. The van der Waals surface area contributed by atoms with Gasteiger partial charge in [0, 0.05) is 6.54 Å². The highest BCUT2D eigenvalue weighted by Crippen LogP contribution is 2.60. The number of nitrogens with two attached hydrogens (primary N) is 1. The summed E-state index contributed by atoms with van der Waals surface area (Å²) in [7, 11) is 0. The summed E-state index contributed by atoms with van der Waals surface area (Å²) in [5.74, 6) is -11.5. The monoisotopic (exact) mass is 269 g/mol. The Morgan fingerprint density at radius 2 is 1.47 bits per heavy atom. The Hall–Kier alpha value is -0.570. The second-order valence-electron chi connectivity index (χ2n) is 4.19. The van der Waals surface area contributed by atoms with Crippen LogP contribution in [0.25, 0.3) is 0 Å². The third kappa shape index (κ3) is 1.79. The van der Waals surface area contributed by atoms with Gasteiger partial charge >= 0.3 is 18.0 Å². The highest BCUT2D eigenvalue weighted by atomic mass is 19.4. The Morgan fingerprint density at radius 3 is 1.71 bits per heavy atom. The molecular weight excluding hydrogens is 259 g/mol. The van der Waals surface area contributed by atoms with Crippen LogP contribution < -0.4 is 5.73 Å². The molecular formula is C8H10F7NO. The fourth-order valence-electron chi connectivity index (χ4n) is 1.90. The van der Waals surface area contributed by atoms with Crippen molar-refractivity contribution >= 4 is 0 Å². The molecule has 0 aromatic carbocycles. The Bertz CT molecular complexity index is 295. The zero-order valence-electron chi connectivity index (χ0n) is 8.37. The molecule has 0 unspecified atom stereocenters. The van der Waals surface area contributed by atoms with Crippen LogP contribution in [0.5, 0.6) is 0 Å². The van der Waals surface area contributed by atoms with E-state index in [0.717, 1.165) is 0 Å². The number of rotatable bonds is 3. The molecule has 0 heterocycles. The molecule has 0 aromatic heterocycles. The van der Waals surface area contributed by atoms with Crippen LogP contribution in [0, 0.1) is 5.41 Å². The molecule has 0 saturated heterocycles. The summed E-state index contributed by atoms with van der Waals surface area (Å²) in [5, 5.41) is 8.83. The lowest BCUT2D eigenvalue weighted by atomic mass is 9.61. The van der Waals surface area contributed by atoms with E-state index in [2.05, 4.69) is 0 Å². The van der Waals surface area contributed by atoms with Gasteiger partial charge in [-0.1, -0.05) is 0 Å². The molecule has 0 atom stereocenters. The minimum absolute atomic E-state index is 0.873. The van der Waals surface area contributed by atoms with Crippen LogP contribution in [0.3, 0.4) is 0 Å². The number of halogens is 7. The topological polar surface area (TPSA) is 46.2 Å². The second kappa shape index (κ2) is 3.71. The summed E-state index contributed by atoms with van der Waals surface area (Å²) in [4.78, 5) is 0. The van der Waals surface area contributed by atoms with Crippen molar-refractivity contribution in [3.8, 4) is 0 Å². The Morgan fingerprint density at radius 1 is 1.06 bits per heavy atom. The molecule has 1 saturated carbocycles. The average molecular weight is 269 g/mol. The van der Waals surface area contributed by atoms with Crippen molar-refractivity contribution in [3.63, 3.8) is 0 Å². The maximum absolute atomic E-state index is 13.3. The molecule has 1 aliphatic carbocycles. The van der Waals surface area contributed by atoms with Crippen molar-refractivity contribution in [1.82, 2.24) is 0 Å². The quantitative estimate of drug-likeness (QED) is 0.769. The lowest BCUT2D eigenvalue weighted by Gasteiger charge is -2.51. The highest BCUT2D eigenvalue weighted by molar-refractivity contribution is 5.10. The summed E-state index contributed by atoms with van der Waals surface area (Å²) in [6.07, 6.45) is -9.43. The standard InChI is InChI=1S/C8H10F7NO/c9-6(10,7(11,12)8(13,14)15)5(3-16)1-4(17)2-5/h4,17H,1-3,16H2. The van der Waals surface area contributed by atoms with Gasteiger partial charge in [0.2, 0.25) is 0 Å². The molecule has 2 nitrogen and oxygen atoms in total. The molecule has 0 spiro atoms. The SMILES string of the molecule is NCC1(C(F)(F)C(F)(F)C(F)(F)F)CC(O)C1. The van der Waals surface area contributed by atoms with Gasteiger partial charge in [0.1, 0.15) is 0 Å². The molecule has 9 heteroatoms. The van der Waals surface area contributed by atoms with Gasteiger partial charge in [0.25, 0.3) is 0 Å². The highest BCUT2D eigenvalue weighted by Gasteiger charge is 2.80. The third-order valence-electron chi connectivity index (χ3n) is 3.06. The number of alkyl halides is 7. The van der Waals surface area contributed by atoms with E-state index in [1.54, 1.807) is 0 Å². The molecule has 1 rings (SSSR count). The number of hydrogen-bond donors (Lipinski definition) is 2. The van der Waals surface area contributed by atoms with Crippen molar-refractivity contribution in [2.45, 2.75) is 37.0 Å².